The fraction of sp³-hybridized carbons (Fsp3) is 0.250. The van der Waals surface area contributed by atoms with Gasteiger partial charge < -0.3 is 16.8 Å². The van der Waals surface area contributed by atoms with Crippen molar-refractivity contribution in [2.75, 3.05) is 23.3 Å². The monoisotopic (exact) mass is 276 g/mol. The van der Waals surface area contributed by atoms with Gasteiger partial charge in [-0.25, -0.2) is 15.0 Å². The minimum absolute atomic E-state index is 0.387. The Balaban J connectivity index is 2.03. The van der Waals surface area contributed by atoms with Crippen molar-refractivity contribution >= 4 is 29.2 Å². The first-order valence-corrected chi connectivity index (χ1v) is 6.87. The lowest BCUT2D eigenvalue weighted by atomic mass is 10.3. The zero-order chi connectivity index (χ0) is 13.7. The predicted octanol–water partition coefficient (Wildman–Crippen LogP) is 1.76. The number of thioether (sulfide) groups is 1. The molecule has 0 aliphatic carbocycles. The molecular weight excluding hydrogens is 260 g/mol. The van der Waals surface area contributed by atoms with E-state index >= 15 is 0 Å². The summed E-state index contributed by atoms with van der Waals surface area (Å²) in [6, 6.07) is 5.51. The van der Waals surface area contributed by atoms with Crippen LogP contribution in [-0.4, -0.2) is 21.5 Å². The molecule has 0 atom stereocenters. The number of anilines is 3. The zero-order valence-corrected chi connectivity index (χ0v) is 11.4. The van der Waals surface area contributed by atoms with Gasteiger partial charge in [0.05, 0.1) is 0 Å². The van der Waals surface area contributed by atoms with E-state index in [2.05, 4.69) is 20.3 Å². The topological polar surface area (TPSA) is 103 Å². The van der Waals surface area contributed by atoms with E-state index in [0.29, 0.717) is 16.8 Å². The molecule has 0 unspecified atom stereocenters. The first kappa shape index (κ1) is 13.4. The Bertz CT molecular complexity index is 539. The van der Waals surface area contributed by atoms with E-state index < -0.39 is 0 Å². The van der Waals surface area contributed by atoms with Crippen molar-refractivity contribution in [3.63, 3.8) is 0 Å². The Hall–Kier alpha value is -2.02. The van der Waals surface area contributed by atoms with Crippen LogP contribution in [0, 0.1) is 0 Å². The van der Waals surface area contributed by atoms with E-state index in [1.54, 1.807) is 12.3 Å². The van der Waals surface area contributed by atoms with Crippen LogP contribution in [0.25, 0.3) is 0 Å². The molecular formula is C12H16N6S. The Kier molecular flexibility index (Phi) is 4.40. The normalized spacial score (nSPS) is 10.4. The van der Waals surface area contributed by atoms with Crippen LogP contribution in [0.1, 0.15) is 12.5 Å². The number of rotatable bonds is 5. The number of nitrogens with two attached hydrogens (primary N) is 2. The van der Waals surface area contributed by atoms with E-state index in [-0.39, 0.29) is 0 Å². The Morgan fingerprint density at radius 3 is 2.63 bits per heavy atom. The van der Waals surface area contributed by atoms with Crippen LogP contribution in [0.3, 0.4) is 0 Å². The first-order chi connectivity index (χ1) is 9.17. The lowest BCUT2D eigenvalue weighted by Gasteiger charge is -2.05. The first-order valence-electron chi connectivity index (χ1n) is 5.89. The standard InChI is InChI=1S/C12H16N6S/c1-2-15-11-5-8(3-4-16-11)7-19-12-17-9(13)6-10(14)18-12/h3-6H,2,7H2,1H3,(H,15,16)(H4,13,14,17,18). The van der Waals surface area contributed by atoms with Crippen LogP contribution < -0.4 is 16.8 Å². The van der Waals surface area contributed by atoms with Crippen molar-refractivity contribution in [3.8, 4) is 0 Å². The van der Waals surface area contributed by atoms with Crippen LogP contribution in [0.2, 0.25) is 0 Å². The molecule has 0 saturated heterocycles. The molecule has 0 radical (unpaired) electrons. The Morgan fingerprint density at radius 2 is 1.95 bits per heavy atom. The average Bonchev–Trinajstić information content (AvgIpc) is 2.36. The number of pyridine rings is 1. The van der Waals surface area contributed by atoms with Crippen molar-refractivity contribution in [2.45, 2.75) is 17.8 Å². The van der Waals surface area contributed by atoms with Gasteiger partial charge in [-0.2, -0.15) is 0 Å². The molecule has 100 valence electrons. The number of nitrogens with zero attached hydrogens (tertiary/aromatic N) is 3. The maximum absolute atomic E-state index is 5.63. The molecule has 0 bridgehead atoms. The van der Waals surface area contributed by atoms with E-state index in [4.69, 9.17) is 11.5 Å². The minimum atomic E-state index is 0.387. The smallest absolute Gasteiger partial charge is 0.191 e. The highest BCUT2D eigenvalue weighted by atomic mass is 32.2. The molecule has 7 heteroatoms. The van der Waals surface area contributed by atoms with Crippen LogP contribution in [0.15, 0.2) is 29.6 Å². The van der Waals surface area contributed by atoms with Crippen molar-refractivity contribution in [2.24, 2.45) is 0 Å². The summed E-state index contributed by atoms with van der Waals surface area (Å²) in [6.07, 6.45) is 1.78. The van der Waals surface area contributed by atoms with Gasteiger partial charge in [-0.15, -0.1) is 0 Å². The van der Waals surface area contributed by atoms with Gasteiger partial charge in [-0.05, 0) is 24.6 Å². The van der Waals surface area contributed by atoms with E-state index in [1.807, 2.05) is 19.1 Å². The third kappa shape index (κ3) is 3.99. The molecule has 2 aromatic heterocycles. The van der Waals surface area contributed by atoms with E-state index in [9.17, 15) is 0 Å². The third-order valence-electron chi connectivity index (χ3n) is 2.30. The summed E-state index contributed by atoms with van der Waals surface area (Å²) in [5.41, 5.74) is 12.4. The van der Waals surface area contributed by atoms with Gasteiger partial charge in [0.2, 0.25) is 0 Å². The van der Waals surface area contributed by atoms with E-state index in [1.165, 1.54) is 11.8 Å². The summed E-state index contributed by atoms with van der Waals surface area (Å²) in [5, 5.41) is 3.76. The van der Waals surface area contributed by atoms with Crippen LogP contribution in [0.5, 0.6) is 0 Å². The number of aromatic nitrogens is 3. The highest BCUT2D eigenvalue weighted by Crippen LogP contribution is 2.21. The summed E-state index contributed by atoms with van der Waals surface area (Å²) in [7, 11) is 0. The zero-order valence-electron chi connectivity index (χ0n) is 10.6. The summed E-state index contributed by atoms with van der Waals surface area (Å²) < 4.78 is 0. The molecule has 5 N–H and O–H groups in total. The second kappa shape index (κ2) is 6.24. The predicted molar refractivity (Wildman–Crippen MR) is 78.8 cm³/mol. The molecule has 19 heavy (non-hydrogen) atoms. The van der Waals surface area contributed by atoms with Crippen molar-refractivity contribution in [1.82, 2.24) is 15.0 Å². The highest BCUT2D eigenvalue weighted by Gasteiger charge is 2.03. The molecule has 2 aromatic rings. The number of hydrogen-bond acceptors (Lipinski definition) is 7. The van der Waals surface area contributed by atoms with Gasteiger partial charge in [0.25, 0.3) is 0 Å². The molecule has 0 amide bonds. The maximum Gasteiger partial charge on any atom is 0.191 e. The van der Waals surface area contributed by atoms with E-state index in [0.717, 1.165) is 23.7 Å². The van der Waals surface area contributed by atoms with Gasteiger partial charge in [0.1, 0.15) is 17.5 Å². The Morgan fingerprint density at radius 1 is 1.21 bits per heavy atom. The van der Waals surface area contributed by atoms with Gasteiger partial charge >= 0.3 is 0 Å². The lowest BCUT2D eigenvalue weighted by Crippen LogP contribution is -2.00. The SMILES string of the molecule is CCNc1cc(CSc2nc(N)cc(N)n2)ccn1. The minimum Gasteiger partial charge on any atom is -0.383 e. The second-order valence-corrected chi connectivity index (χ2v) is 4.81. The van der Waals surface area contributed by atoms with Gasteiger partial charge in [-0.3, -0.25) is 0 Å². The summed E-state index contributed by atoms with van der Waals surface area (Å²) >= 11 is 1.49. The van der Waals surface area contributed by atoms with Crippen molar-refractivity contribution in [3.05, 3.63) is 30.0 Å². The molecule has 0 aromatic carbocycles. The quantitative estimate of drug-likeness (QED) is 0.564. The highest BCUT2D eigenvalue weighted by molar-refractivity contribution is 7.98. The van der Waals surface area contributed by atoms with Crippen molar-refractivity contribution < 1.29 is 0 Å². The fourth-order valence-electron chi connectivity index (χ4n) is 1.52. The average molecular weight is 276 g/mol. The maximum atomic E-state index is 5.63. The largest absolute Gasteiger partial charge is 0.383 e. The summed E-state index contributed by atoms with van der Waals surface area (Å²) in [4.78, 5) is 12.5. The molecule has 0 aliphatic rings. The summed E-state index contributed by atoms with van der Waals surface area (Å²) in [5.74, 6) is 2.38. The van der Waals surface area contributed by atoms with Crippen LogP contribution >= 0.6 is 11.8 Å². The molecule has 0 fully saturated rings. The van der Waals surface area contributed by atoms with Crippen LogP contribution in [-0.2, 0) is 5.75 Å². The Labute approximate surface area is 116 Å². The van der Waals surface area contributed by atoms with Gasteiger partial charge in [-0.1, -0.05) is 11.8 Å². The van der Waals surface area contributed by atoms with Crippen LogP contribution in [0.4, 0.5) is 17.5 Å². The molecule has 0 aliphatic heterocycles. The van der Waals surface area contributed by atoms with Gasteiger partial charge in [0, 0.05) is 24.6 Å². The third-order valence-corrected chi connectivity index (χ3v) is 3.21. The fourth-order valence-corrected chi connectivity index (χ4v) is 2.33. The van der Waals surface area contributed by atoms with Crippen molar-refractivity contribution in [1.29, 1.82) is 0 Å². The second-order valence-electron chi connectivity index (χ2n) is 3.87. The molecule has 6 nitrogen and oxygen atoms in total. The molecule has 0 spiro atoms. The molecule has 0 saturated carbocycles. The summed E-state index contributed by atoms with van der Waals surface area (Å²) in [6.45, 7) is 2.88. The number of hydrogen-bond donors (Lipinski definition) is 3. The van der Waals surface area contributed by atoms with Gasteiger partial charge in [0.15, 0.2) is 5.16 Å². The number of nitrogen functional groups attached to an aromatic ring is 2. The lowest BCUT2D eigenvalue weighted by molar-refractivity contribution is 0.984. The molecule has 2 rings (SSSR count). The molecule has 2 heterocycles. The number of nitrogens with one attached hydrogen (secondary N) is 1.